The lowest BCUT2D eigenvalue weighted by Crippen LogP contribution is -2.46. The van der Waals surface area contributed by atoms with Crippen LogP contribution < -0.4 is 0 Å². The molecule has 1 saturated carbocycles. The van der Waals surface area contributed by atoms with Gasteiger partial charge in [0.2, 0.25) is 0 Å². The molecule has 3 heterocycles. The fraction of sp³-hybridized carbons (Fsp3) is 0.704. The van der Waals surface area contributed by atoms with E-state index in [0.29, 0.717) is 11.3 Å². The van der Waals surface area contributed by atoms with E-state index in [1.807, 2.05) is 25.6 Å². The van der Waals surface area contributed by atoms with Gasteiger partial charge in [0, 0.05) is 51.6 Å². The quantitative estimate of drug-likeness (QED) is 0.353. The van der Waals surface area contributed by atoms with Gasteiger partial charge < -0.3 is 25.0 Å². The van der Waals surface area contributed by atoms with E-state index >= 15 is 0 Å². The molecule has 3 aliphatic rings. The number of pyridine rings is 1. The summed E-state index contributed by atoms with van der Waals surface area (Å²) in [7, 11) is 1.86. The van der Waals surface area contributed by atoms with E-state index in [9.17, 15) is 39.5 Å². The van der Waals surface area contributed by atoms with Crippen molar-refractivity contribution in [3.8, 4) is 0 Å². The molecular formula is C27H36F9N3O7. The van der Waals surface area contributed by atoms with Crippen molar-refractivity contribution in [3.63, 3.8) is 0 Å². The Kier molecular flexibility index (Phi) is 15.7. The zero-order chi connectivity index (χ0) is 35.3. The number of carboxylic acid groups (broad SMARTS) is 3. The number of carbonyl (C=O) groups is 3. The molecule has 264 valence electrons. The molecule has 1 aliphatic carbocycles. The second-order valence-electron chi connectivity index (χ2n) is 11.1. The van der Waals surface area contributed by atoms with Crippen molar-refractivity contribution in [1.29, 1.82) is 0 Å². The topological polar surface area (TPSA) is 140 Å². The Labute approximate surface area is 258 Å². The predicted molar refractivity (Wildman–Crippen MR) is 141 cm³/mol. The number of hydrogen-bond acceptors (Lipinski definition) is 7. The summed E-state index contributed by atoms with van der Waals surface area (Å²) in [5, 5.41) is 21.4. The Morgan fingerprint density at radius 2 is 1.37 bits per heavy atom. The lowest BCUT2D eigenvalue weighted by atomic mass is 9.71. The molecule has 0 aromatic carbocycles. The number of likely N-dealkylation sites (tertiary alicyclic amines) is 2. The first-order valence-corrected chi connectivity index (χ1v) is 13.8. The number of aliphatic carboxylic acids is 3. The maximum atomic E-state index is 10.6. The van der Waals surface area contributed by atoms with Gasteiger partial charge in [-0.05, 0) is 61.7 Å². The summed E-state index contributed by atoms with van der Waals surface area (Å²) >= 11 is 0. The Bertz CT molecular complexity index is 1030. The number of carboxylic acids is 3. The van der Waals surface area contributed by atoms with E-state index in [4.69, 9.17) is 34.4 Å². The summed E-state index contributed by atoms with van der Waals surface area (Å²) in [6.07, 6.45) is -4.30. The third kappa shape index (κ3) is 14.5. The highest BCUT2D eigenvalue weighted by Gasteiger charge is 2.48. The highest BCUT2D eigenvalue weighted by molar-refractivity contribution is 5.73. The lowest BCUT2D eigenvalue weighted by molar-refractivity contribution is -0.193. The summed E-state index contributed by atoms with van der Waals surface area (Å²) in [4.78, 5) is 36.3. The Hall–Kier alpha value is -3.19. The Balaban J connectivity index is 0.000000413. The summed E-state index contributed by atoms with van der Waals surface area (Å²) in [5.74, 6) is -6.60. The number of piperidine rings is 1. The van der Waals surface area contributed by atoms with E-state index in [1.165, 1.54) is 70.4 Å². The second-order valence-corrected chi connectivity index (χ2v) is 11.1. The Morgan fingerprint density at radius 3 is 1.72 bits per heavy atom. The molecule has 19 heteroatoms. The highest BCUT2D eigenvalue weighted by atomic mass is 19.4. The normalized spacial score (nSPS) is 20.2. The van der Waals surface area contributed by atoms with Crippen LogP contribution in [0.2, 0.25) is 0 Å². The minimum Gasteiger partial charge on any atom is -0.475 e. The number of hydrogen-bond donors (Lipinski definition) is 3. The number of aromatic nitrogens is 1. The first kappa shape index (κ1) is 40.8. The first-order chi connectivity index (χ1) is 21.1. The molecule has 1 aromatic rings. The summed E-state index contributed by atoms with van der Waals surface area (Å²) in [6.45, 7) is 8.27. The smallest absolute Gasteiger partial charge is 0.475 e. The third-order valence-electron chi connectivity index (χ3n) is 7.70. The van der Waals surface area contributed by atoms with Crippen LogP contribution in [0.3, 0.4) is 0 Å². The van der Waals surface area contributed by atoms with Gasteiger partial charge in [-0.3, -0.25) is 9.88 Å². The van der Waals surface area contributed by atoms with Gasteiger partial charge in [0.1, 0.15) is 0 Å². The van der Waals surface area contributed by atoms with Crippen LogP contribution >= 0.6 is 0 Å². The molecule has 4 rings (SSSR count). The fourth-order valence-corrected chi connectivity index (χ4v) is 5.23. The predicted octanol–water partition coefficient (Wildman–Crippen LogP) is 4.94. The number of ether oxygens (including phenoxy) is 1. The van der Waals surface area contributed by atoms with E-state index in [0.717, 1.165) is 19.1 Å². The number of nitrogens with zero attached hydrogens (tertiary/aromatic N) is 3. The van der Waals surface area contributed by atoms with Crippen LogP contribution in [0.1, 0.15) is 37.7 Å². The standard InChI is InChI=1S/C21H33N3O.3C2HF3O2/c1-25-16-20-15-24(14-19-6-3-9-22-12-19)17-21(20)7-10-23(11-8-21)13-18-4-2-5-18;3*3-2(4,5)1(6)7/h3,6,9,12,18,20H,2,4-5,7-8,10-11,13-17H2,1H3;3*(H,6,7). The second kappa shape index (κ2) is 17.7. The van der Waals surface area contributed by atoms with E-state index in [-0.39, 0.29) is 0 Å². The molecule has 1 unspecified atom stereocenters. The van der Waals surface area contributed by atoms with Gasteiger partial charge in [0.05, 0.1) is 6.61 Å². The minimum absolute atomic E-state index is 0.467. The maximum Gasteiger partial charge on any atom is 0.490 e. The van der Waals surface area contributed by atoms with E-state index in [1.54, 1.807) is 0 Å². The molecule has 0 radical (unpaired) electrons. The van der Waals surface area contributed by atoms with Crippen molar-refractivity contribution in [1.82, 2.24) is 14.8 Å². The average Bonchev–Trinajstić information content (AvgIpc) is 3.23. The maximum absolute atomic E-state index is 10.6. The summed E-state index contributed by atoms with van der Waals surface area (Å²) in [6, 6.07) is 4.25. The molecule has 46 heavy (non-hydrogen) atoms. The van der Waals surface area contributed by atoms with Gasteiger partial charge in [-0.15, -0.1) is 0 Å². The van der Waals surface area contributed by atoms with Gasteiger partial charge in [-0.1, -0.05) is 12.5 Å². The number of methoxy groups -OCH3 is 1. The minimum atomic E-state index is -5.08. The fourth-order valence-electron chi connectivity index (χ4n) is 5.23. The van der Waals surface area contributed by atoms with E-state index in [2.05, 4.69) is 20.9 Å². The molecule has 0 bridgehead atoms. The molecule has 10 nitrogen and oxygen atoms in total. The highest BCUT2D eigenvalue weighted by Crippen LogP contribution is 2.45. The van der Waals surface area contributed by atoms with Crippen molar-refractivity contribution in [2.75, 3.05) is 46.4 Å². The Morgan fingerprint density at radius 1 is 0.891 bits per heavy atom. The largest absolute Gasteiger partial charge is 0.490 e. The molecule has 3 fully saturated rings. The molecule has 3 N–H and O–H groups in total. The van der Waals surface area contributed by atoms with Crippen LogP contribution in [-0.2, 0) is 25.7 Å². The zero-order valence-corrected chi connectivity index (χ0v) is 24.7. The van der Waals surface area contributed by atoms with Crippen molar-refractivity contribution >= 4 is 17.9 Å². The van der Waals surface area contributed by atoms with Gasteiger partial charge in [-0.2, -0.15) is 39.5 Å². The lowest BCUT2D eigenvalue weighted by Gasteiger charge is -2.44. The SMILES string of the molecule is COCC1CN(Cc2cccnc2)CC12CCN(CC1CCC1)CC2.O=C(O)C(F)(F)F.O=C(O)C(F)(F)F.O=C(O)C(F)(F)F. The monoisotopic (exact) mass is 685 g/mol. The van der Waals surface area contributed by atoms with Crippen LogP contribution in [0.4, 0.5) is 39.5 Å². The van der Waals surface area contributed by atoms with Crippen molar-refractivity contribution < 1.29 is 74.0 Å². The van der Waals surface area contributed by atoms with Crippen molar-refractivity contribution in [2.24, 2.45) is 17.3 Å². The molecule has 1 atom stereocenters. The molecule has 1 aromatic heterocycles. The number of alkyl halides is 9. The van der Waals surface area contributed by atoms with Crippen LogP contribution in [0.25, 0.3) is 0 Å². The van der Waals surface area contributed by atoms with Gasteiger partial charge in [0.15, 0.2) is 0 Å². The van der Waals surface area contributed by atoms with Gasteiger partial charge in [-0.25, -0.2) is 14.4 Å². The van der Waals surface area contributed by atoms with Crippen LogP contribution in [0, 0.1) is 17.3 Å². The van der Waals surface area contributed by atoms with Crippen LogP contribution in [-0.4, -0.2) is 113 Å². The number of halogens is 9. The molecule has 2 aliphatic heterocycles. The molecule has 0 amide bonds. The van der Waals surface area contributed by atoms with Gasteiger partial charge >= 0.3 is 36.4 Å². The average molecular weight is 686 g/mol. The molecule has 2 saturated heterocycles. The molecule has 1 spiro atoms. The van der Waals surface area contributed by atoms with Gasteiger partial charge in [0.25, 0.3) is 0 Å². The summed E-state index contributed by atoms with van der Waals surface area (Å²) < 4.78 is 101. The zero-order valence-electron chi connectivity index (χ0n) is 24.7. The van der Waals surface area contributed by atoms with Crippen molar-refractivity contribution in [2.45, 2.75) is 57.2 Å². The number of rotatable bonds is 6. The summed E-state index contributed by atoms with van der Waals surface area (Å²) in [5.41, 5.74) is 1.80. The third-order valence-corrected chi connectivity index (χ3v) is 7.70. The van der Waals surface area contributed by atoms with Crippen LogP contribution in [0.5, 0.6) is 0 Å². The van der Waals surface area contributed by atoms with Crippen LogP contribution in [0.15, 0.2) is 24.5 Å². The first-order valence-electron chi connectivity index (χ1n) is 13.8. The van der Waals surface area contributed by atoms with Crippen molar-refractivity contribution in [3.05, 3.63) is 30.1 Å². The molecular weight excluding hydrogens is 649 g/mol. The van der Waals surface area contributed by atoms with E-state index < -0.39 is 36.4 Å².